The second-order valence-corrected chi connectivity index (χ2v) is 7.66. The lowest BCUT2D eigenvalue weighted by Gasteiger charge is -2.34. The molecule has 132 valence electrons. The lowest BCUT2D eigenvalue weighted by atomic mass is 10.2. The molecule has 0 bridgehead atoms. The number of nitrogens with zero attached hydrogens (tertiary/aromatic N) is 2. The van der Waals surface area contributed by atoms with Crippen LogP contribution < -0.4 is 5.32 Å². The largest absolute Gasteiger partial charge is 0.322 e. The summed E-state index contributed by atoms with van der Waals surface area (Å²) in [6.45, 7) is 3.78. The third-order valence-corrected chi connectivity index (χ3v) is 6.01. The molecular formula is C18H18Br2FN3O. The van der Waals surface area contributed by atoms with Gasteiger partial charge in [0.2, 0.25) is 0 Å². The van der Waals surface area contributed by atoms with Crippen molar-refractivity contribution in [1.82, 2.24) is 9.80 Å². The van der Waals surface area contributed by atoms with Gasteiger partial charge in [-0.3, -0.25) is 4.90 Å². The second-order valence-electron chi connectivity index (χ2n) is 5.95. The lowest BCUT2D eigenvalue weighted by molar-refractivity contribution is 0.143. The molecule has 1 N–H and O–H groups in total. The predicted octanol–water partition coefficient (Wildman–Crippen LogP) is 4.70. The number of amides is 2. The first-order chi connectivity index (χ1) is 12.0. The minimum Gasteiger partial charge on any atom is -0.322 e. The van der Waals surface area contributed by atoms with Gasteiger partial charge in [0.15, 0.2) is 0 Å². The van der Waals surface area contributed by atoms with Crippen LogP contribution in [0.4, 0.5) is 14.9 Å². The molecule has 1 fully saturated rings. The zero-order chi connectivity index (χ0) is 17.8. The van der Waals surface area contributed by atoms with E-state index >= 15 is 0 Å². The molecule has 3 rings (SSSR count). The van der Waals surface area contributed by atoms with Crippen LogP contribution in [0.3, 0.4) is 0 Å². The minimum atomic E-state index is -0.358. The first kappa shape index (κ1) is 18.4. The molecule has 0 atom stereocenters. The van der Waals surface area contributed by atoms with Crippen molar-refractivity contribution in [2.45, 2.75) is 6.54 Å². The Bertz CT molecular complexity index is 764. The maximum Gasteiger partial charge on any atom is 0.321 e. The maximum absolute atomic E-state index is 13.2. The number of benzene rings is 2. The molecule has 1 aliphatic rings. The summed E-state index contributed by atoms with van der Waals surface area (Å²) < 4.78 is 15.3. The molecule has 0 radical (unpaired) electrons. The Morgan fingerprint density at radius 3 is 2.48 bits per heavy atom. The normalized spacial score (nSPS) is 15.2. The van der Waals surface area contributed by atoms with Gasteiger partial charge in [-0.25, -0.2) is 9.18 Å². The number of hydrogen-bond donors (Lipinski definition) is 1. The van der Waals surface area contributed by atoms with E-state index in [0.29, 0.717) is 18.8 Å². The third kappa shape index (κ3) is 5.03. The Balaban J connectivity index is 1.51. The zero-order valence-corrected chi connectivity index (χ0v) is 16.7. The highest BCUT2D eigenvalue weighted by molar-refractivity contribution is 9.13. The highest BCUT2D eigenvalue weighted by Crippen LogP contribution is 2.24. The van der Waals surface area contributed by atoms with E-state index in [1.807, 2.05) is 6.07 Å². The number of anilines is 1. The maximum atomic E-state index is 13.2. The van der Waals surface area contributed by atoms with Crippen LogP contribution in [0.1, 0.15) is 5.56 Å². The average Bonchev–Trinajstić information content (AvgIpc) is 2.59. The molecule has 1 aliphatic heterocycles. The Hall–Kier alpha value is -1.44. The minimum absolute atomic E-state index is 0.184. The van der Waals surface area contributed by atoms with E-state index in [1.54, 1.807) is 17.0 Å². The molecule has 0 saturated carbocycles. The fourth-order valence-electron chi connectivity index (χ4n) is 2.77. The van der Waals surface area contributed by atoms with Gasteiger partial charge in [0.25, 0.3) is 0 Å². The van der Waals surface area contributed by atoms with Gasteiger partial charge in [-0.2, -0.15) is 0 Å². The monoisotopic (exact) mass is 469 g/mol. The van der Waals surface area contributed by atoms with Crippen molar-refractivity contribution in [3.05, 3.63) is 62.8 Å². The van der Waals surface area contributed by atoms with Crippen LogP contribution in [-0.4, -0.2) is 42.0 Å². The zero-order valence-electron chi connectivity index (χ0n) is 13.5. The standard InChI is InChI=1S/C18H18Br2FN3O/c19-16-5-4-13(10-17(16)20)12-23-6-8-24(9-7-23)18(25)22-15-3-1-2-14(21)11-15/h1-5,10-11H,6-9,12H2,(H,22,25). The van der Waals surface area contributed by atoms with Gasteiger partial charge in [-0.15, -0.1) is 0 Å². The highest BCUT2D eigenvalue weighted by atomic mass is 79.9. The van der Waals surface area contributed by atoms with Crippen molar-refractivity contribution < 1.29 is 9.18 Å². The molecule has 1 heterocycles. The van der Waals surface area contributed by atoms with Gasteiger partial charge >= 0.3 is 6.03 Å². The molecule has 0 aromatic heterocycles. The summed E-state index contributed by atoms with van der Waals surface area (Å²) in [5.74, 6) is -0.358. The van der Waals surface area contributed by atoms with Crippen molar-refractivity contribution >= 4 is 43.6 Å². The quantitative estimate of drug-likeness (QED) is 0.705. The summed E-state index contributed by atoms with van der Waals surface area (Å²) in [6, 6.07) is 12.0. The Morgan fingerprint density at radius 1 is 1.04 bits per heavy atom. The molecule has 7 heteroatoms. The summed E-state index contributed by atoms with van der Waals surface area (Å²) in [5, 5.41) is 2.75. The van der Waals surface area contributed by atoms with Crippen molar-refractivity contribution in [3.8, 4) is 0 Å². The molecule has 4 nitrogen and oxygen atoms in total. The smallest absolute Gasteiger partial charge is 0.321 e. The van der Waals surface area contributed by atoms with Gasteiger partial charge in [0.05, 0.1) is 0 Å². The predicted molar refractivity (Wildman–Crippen MR) is 104 cm³/mol. The van der Waals surface area contributed by atoms with Crippen molar-refractivity contribution in [2.24, 2.45) is 0 Å². The summed E-state index contributed by atoms with van der Waals surface area (Å²) in [7, 11) is 0. The first-order valence-corrected chi connectivity index (χ1v) is 9.57. The van der Waals surface area contributed by atoms with E-state index in [2.05, 4.69) is 54.2 Å². The topological polar surface area (TPSA) is 35.6 Å². The number of carbonyl (C=O) groups is 1. The Kier molecular flexibility index (Phi) is 6.09. The number of rotatable bonds is 3. The lowest BCUT2D eigenvalue weighted by Crippen LogP contribution is -2.49. The summed E-state index contributed by atoms with van der Waals surface area (Å²) in [4.78, 5) is 16.4. The highest BCUT2D eigenvalue weighted by Gasteiger charge is 2.21. The molecule has 2 aromatic carbocycles. The average molecular weight is 471 g/mol. The van der Waals surface area contributed by atoms with Crippen molar-refractivity contribution in [1.29, 1.82) is 0 Å². The number of urea groups is 1. The molecule has 1 saturated heterocycles. The van der Waals surface area contributed by atoms with Crippen molar-refractivity contribution in [2.75, 3.05) is 31.5 Å². The van der Waals surface area contributed by atoms with E-state index in [0.717, 1.165) is 28.6 Å². The van der Waals surface area contributed by atoms with Gasteiger partial charge in [-0.05, 0) is 67.8 Å². The molecule has 0 aliphatic carbocycles. The Morgan fingerprint density at radius 2 is 1.80 bits per heavy atom. The Labute approximate surface area is 163 Å². The molecule has 2 aromatic rings. The fourth-order valence-corrected chi connectivity index (χ4v) is 3.45. The van der Waals surface area contributed by atoms with Gasteiger partial charge in [-0.1, -0.05) is 12.1 Å². The number of halogens is 3. The number of hydrogen-bond acceptors (Lipinski definition) is 2. The van der Waals surface area contributed by atoms with Crippen LogP contribution in [0.5, 0.6) is 0 Å². The van der Waals surface area contributed by atoms with Gasteiger partial charge in [0.1, 0.15) is 5.82 Å². The summed E-state index contributed by atoms with van der Waals surface area (Å²) in [6.07, 6.45) is 0. The SMILES string of the molecule is O=C(Nc1cccc(F)c1)N1CCN(Cc2ccc(Br)c(Br)c2)CC1. The van der Waals surface area contributed by atoms with E-state index in [4.69, 9.17) is 0 Å². The molecular weight excluding hydrogens is 453 g/mol. The van der Waals surface area contributed by atoms with Gasteiger partial charge < -0.3 is 10.2 Å². The number of piperazine rings is 1. The van der Waals surface area contributed by atoms with E-state index < -0.39 is 0 Å². The van der Waals surface area contributed by atoms with Crippen LogP contribution >= 0.6 is 31.9 Å². The second kappa shape index (κ2) is 8.29. The first-order valence-electron chi connectivity index (χ1n) is 7.99. The van der Waals surface area contributed by atoms with E-state index in [-0.39, 0.29) is 11.8 Å². The molecule has 2 amide bonds. The number of carbonyl (C=O) groups excluding carboxylic acids is 1. The van der Waals surface area contributed by atoms with Crippen LogP contribution in [0.25, 0.3) is 0 Å². The fraction of sp³-hybridized carbons (Fsp3) is 0.278. The molecule has 0 unspecified atom stereocenters. The van der Waals surface area contributed by atoms with E-state index in [9.17, 15) is 9.18 Å². The summed E-state index contributed by atoms with van der Waals surface area (Å²) in [5.41, 5.74) is 1.71. The van der Waals surface area contributed by atoms with Gasteiger partial charge in [0, 0.05) is 47.4 Å². The van der Waals surface area contributed by atoms with Crippen LogP contribution in [0.15, 0.2) is 51.4 Å². The number of nitrogens with one attached hydrogen (secondary N) is 1. The van der Waals surface area contributed by atoms with E-state index in [1.165, 1.54) is 17.7 Å². The van der Waals surface area contributed by atoms with Crippen LogP contribution in [0, 0.1) is 5.82 Å². The van der Waals surface area contributed by atoms with Crippen LogP contribution in [0.2, 0.25) is 0 Å². The third-order valence-electron chi connectivity index (χ3n) is 4.13. The molecule has 0 spiro atoms. The molecule has 25 heavy (non-hydrogen) atoms. The van der Waals surface area contributed by atoms with Crippen molar-refractivity contribution in [3.63, 3.8) is 0 Å². The van der Waals surface area contributed by atoms with Crippen LogP contribution in [-0.2, 0) is 6.54 Å². The summed E-state index contributed by atoms with van der Waals surface area (Å²) >= 11 is 7.00.